The molecule has 1 aromatic heterocycles. The van der Waals surface area contributed by atoms with Crippen molar-refractivity contribution < 1.29 is 4.55 Å². The Morgan fingerprint density at radius 1 is 1.53 bits per heavy atom. The number of hydrogen-bond acceptors (Lipinski definition) is 3. The van der Waals surface area contributed by atoms with Crippen molar-refractivity contribution in [2.45, 2.75) is 31.9 Å². The molecule has 0 aliphatic rings. The first-order chi connectivity index (χ1) is 7.00. The standard InChI is InChI=1S/C11H16N2OS/c1-11(2,3)15(14)13-8-6-10-5-4-7-12-9-10/h4-5,7-9H,6H2,1-3H3/b13-8+. The number of aromatic nitrogens is 1. The fourth-order valence-corrected chi connectivity index (χ4v) is 1.41. The van der Waals surface area contributed by atoms with Gasteiger partial charge >= 0.3 is 0 Å². The normalized spacial score (nSPS) is 14.4. The van der Waals surface area contributed by atoms with Gasteiger partial charge in [-0.25, -0.2) is 0 Å². The molecule has 0 bridgehead atoms. The summed E-state index contributed by atoms with van der Waals surface area (Å²) in [6.45, 7) is 5.72. The molecule has 1 aromatic rings. The predicted molar refractivity (Wildman–Crippen MR) is 64.3 cm³/mol. The smallest absolute Gasteiger partial charge is 0.144 e. The Balaban J connectivity index is 2.47. The van der Waals surface area contributed by atoms with Gasteiger partial charge in [0.1, 0.15) is 16.1 Å². The van der Waals surface area contributed by atoms with E-state index >= 15 is 0 Å². The first-order valence-electron chi connectivity index (χ1n) is 4.83. The first-order valence-corrected chi connectivity index (χ1v) is 5.94. The van der Waals surface area contributed by atoms with Crippen molar-refractivity contribution in [3.05, 3.63) is 30.1 Å². The lowest BCUT2D eigenvalue weighted by atomic mass is 10.2. The maximum atomic E-state index is 11.6. The highest BCUT2D eigenvalue weighted by Gasteiger charge is 2.25. The SMILES string of the molecule is CC(C)(C)[S+]([O-])/N=C/Cc1cccnc1. The monoisotopic (exact) mass is 224 g/mol. The molecule has 82 valence electrons. The molecule has 3 nitrogen and oxygen atoms in total. The van der Waals surface area contributed by atoms with Crippen LogP contribution >= 0.6 is 0 Å². The average molecular weight is 224 g/mol. The van der Waals surface area contributed by atoms with E-state index in [0.29, 0.717) is 6.42 Å². The van der Waals surface area contributed by atoms with E-state index in [0.717, 1.165) is 5.56 Å². The van der Waals surface area contributed by atoms with Crippen molar-refractivity contribution in [3.63, 3.8) is 0 Å². The van der Waals surface area contributed by atoms with E-state index in [4.69, 9.17) is 0 Å². The van der Waals surface area contributed by atoms with Crippen LogP contribution in [-0.4, -0.2) is 20.5 Å². The maximum Gasteiger partial charge on any atom is 0.144 e. The van der Waals surface area contributed by atoms with Crippen LogP contribution in [-0.2, 0) is 17.8 Å². The van der Waals surface area contributed by atoms with Crippen molar-refractivity contribution in [3.8, 4) is 0 Å². The largest absolute Gasteiger partial charge is 0.591 e. The lowest BCUT2D eigenvalue weighted by molar-refractivity contribution is 0.561. The van der Waals surface area contributed by atoms with Gasteiger partial charge in [-0.15, -0.1) is 0 Å². The second-order valence-electron chi connectivity index (χ2n) is 4.21. The van der Waals surface area contributed by atoms with Crippen molar-refractivity contribution in [1.82, 2.24) is 4.98 Å². The van der Waals surface area contributed by atoms with Crippen LogP contribution in [0.4, 0.5) is 0 Å². The Morgan fingerprint density at radius 2 is 2.27 bits per heavy atom. The molecule has 1 rings (SSSR count). The third-order valence-corrected chi connectivity index (χ3v) is 3.13. The molecule has 0 aromatic carbocycles. The Bertz CT molecular complexity index is 319. The summed E-state index contributed by atoms with van der Waals surface area (Å²) < 4.78 is 15.3. The molecule has 0 spiro atoms. The highest BCUT2D eigenvalue weighted by molar-refractivity contribution is 7.91. The molecule has 1 heterocycles. The maximum absolute atomic E-state index is 11.6. The van der Waals surface area contributed by atoms with Crippen molar-refractivity contribution >= 4 is 17.6 Å². The van der Waals surface area contributed by atoms with Crippen LogP contribution in [0.15, 0.2) is 28.9 Å². The molecule has 1 atom stereocenters. The molecular weight excluding hydrogens is 208 g/mol. The summed E-state index contributed by atoms with van der Waals surface area (Å²) in [5.74, 6) is 0. The third kappa shape index (κ3) is 4.44. The highest BCUT2D eigenvalue weighted by atomic mass is 32.2. The molecule has 0 fully saturated rings. The zero-order valence-electron chi connectivity index (χ0n) is 9.30. The van der Waals surface area contributed by atoms with E-state index in [-0.39, 0.29) is 4.75 Å². The molecule has 0 saturated heterocycles. The summed E-state index contributed by atoms with van der Waals surface area (Å²) >= 11 is -1.16. The number of rotatable bonds is 3. The summed E-state index contributed by atoms with van der Waals surface area (Å²) in [6, 6.07) is 3.85. The number of nitrogens with zero attached hydrogens (tertiary/aromatic N) is 2. The molecule has 0 amide bonds. The van der Waals surface area contributed by atoms with Gasteiger partial charge in [0, 0.05) is 18.8 Å². The van der Waals surface area contributed by atoms with Gasteiger partial charge in [-0.05, 0) is 32.4 Å². The molecule has 0 saturated carbocycles. The topological polar surface area (TPSA) is 48.3 Å². The van der Waals surface area contributed by atoms with Crippen LogP contribution < -0.4 is 0 Å². The predicted octanol–water partition coefficient (Wildman–Crippen LogP) is 2.16. The Hall–Kier alpha value is -0.870. The summed E-state index contributed by atoms with van der Waals surface area (Å²) in [5, 5.41) is 0. The third-order valence-electron chi connectivity index (χ3n) is 1.74. The molecule has 0 aliphatic heterocycles. The first kappa shape index (κ1) is 12.2. The zero-order valence-corrected chi connectivity index (χ0v) is 10.1. The number of hydrogen-bond donors (Lipinski definition) is 0. The highest BCUT2D eigenvalue weighted by Crippen LogP contribution is 2.16. The van der Waals surface area contributed by atoms with Crippen molar-refractivity contribution in [2.24, 2.45) is 4.40 Å². The van der Waals surface area contributed by atoms with Crippen LogP contribution in [0.25, 0.3) is 0 Å². The minimum absolute atomic E-state index is 0.286. The van der Waals surface area contributed by atoms with Gasteiger partial charge in [0.15, 0.2) is 0 Å². The zero-order chi connectivity index (χ0) is 11.3. The molecule has 0 N–H and O–H groups in total. The lowest BCUT2D eigenvalue weighted by Gasteiger charge is -2.17. The second-order valence-corrected chi connectivity index (χ2v) is 6.15. The Kier molecular flexibility index (Phi) is 4.29. The van der Waals surface area contributed by atoms with Gasteiger partial charge in [-0.3, -0.25) is 4.98 Å². The van der Waals surface area contributed by atoms with Crippen LogP contribution in [0.2, 0.25) is 0 Å². The van der Waals surface area contributed by atoms with E-state index in [1.54, 1.807) is 18.6 Å². The van der Waals surface area contributed by atoms with Gasteiger partial charge in [0.25, 0.3) is 0 Å². The quantitative estimate of drug-likeness (QED) is 0.583. The lowest BCUT2D eigenvalue weighted by Crippen LogP contribution is -2.25. The van der Waals surface area contributed by atoms with E-state index in [9.17, 15) is 4.55 Å². The van der Waals surface area contributed by atoms with E-state index in [1.807, 2.05) is 32.9 Å². The van der Waals surface area contributed by atoms with Crippen molar-refractivity contribution in [1.29, 1.82) is 0 Å². The summed E-state index contributed by atoms with van der Waals surface area (Å²) in [6.07, 6.45) is 5.88. The summed E-state index contributed by atoms with van der Waals surface area (Å²) in [4.78, 5) is 3.99. The fraction of sp³-hybridized carbons (Fsp3) is 0.455. The van der Waals surface area contributed by atoms with Crippen molar-refractivity contribution in [2.75, 3.05) is 0 Å². The second kappa shape index (κ2) is 5.28. The van der Waals surface area contributed by atoms with Gasteiger partial charge < -0.3 is 4.55 Å². The molecule has 15 heavy (non-hydrogen) atoms. The van der Waals surface area contributed by atoms with E-state index in [1.165, 1.54) is 0 Å². The van der Waals surface area contributed by atoms with Gasteiger partial charge in [0.05, 0.1) is 6.21 Å². The number of pyridine rings is 1. The van der Waals surface area contributed by atoms with Crippen LogP contribution in [0.1, 0.15) is 26.3 Å². The van der Waals surface area contributed by atoms with E-state index in [2.05, 4.69) is 9.38 Å². The van der Waals surface area contributed by atoms with Gasteiger partial charge in [-0.2, -0.15) is 0 Å². The van der Waals surface area contributed by atoms with Crippen LogP contribution in [0.5, 0.6) is 0 Å². The van der Waals surface area contributed by atoms with E-state index < -0.39 is 11.4 Å². The van der Waals surface area contributed by atoms with Gasteiger partial charge in [-0.1, -0.05) is 10.5 Å². The Labute approximate surface area is 94.0 Å². The molecule has 0 aliphatic carbocycles. The van der Waals surface area contributed by atoms with Gasteiger partial charge in [0.2, 0.25) is 0 Å². The molecule has 1 unspecified atom stereocenters. The fourth-order valence-electron chi connectivity index (χ4n) is 0.887. The van der Waals surface area contributed by atoms with Crippen LogP contribution in [0.3, 0.4) is 0 Å². The molecular formula is C11H16N2OS. The molecule has 4 heteroatoms. The minimum Gasteiger partial charge on any atom is -0.591 e. The average Bonchev–Trinajstić information content (AvgIpc) is 2.18. The minimum atomic E-state index is -1.16. The summed E-state index contributed by atoms with van der Waals surface area (Å²) in [7, 11) is 0. The molecule has 0 radical (unpaired) electrons. The summed E-state index contributed by atoms with van der Waals surface area (Å²) in [5.41, 5.74) is 1.08. The Morgan fingerprint density at radius 3 is 2.80 bits per heavy atom. The van der Waals surface area contributed by atoms with Crippen LogP contribution in [0, 0.1) is 0 Å².